The van der Waals surface area contributed by atoms with Crippen molar-refractivity contribution in [3.05, 3.63) is 76.8 Å². The number of pyridine rings is 1. The molecule has 0 atom stereocenters. The first-order valence-corrected chi connectivity index (χ1v) is 10.9. The second-order valence-electron chi connectivity index (χ2n) is 7.04. The fraction of sp³-hybridized carbons (Fsp3) is 0.174. The molecule has 3 heterocycles. The molecule has 0 fully saturated rings. The van der Waals surface area contributed by atoms with Crippen molar-refractivity contribution < 1.29 is 14.3 Å². The summed E-state index contributed by atoms with van der Waals surface area (Å²) in [6.07, 6.45) is 1.81. The summed E-state index contributed by atoms with van der Waals surface area (Å²) in [7, 11) is 1.34. The van der Waals surface area contributed by atoms with Gasteiger partial charge >= 0.3 is 5.97 Å². The van der Waals surface area contributed by atoms with E-state index in [0.717, 1.165) is 16.0 Å². The van der Waals surface area contributed by atoms with E-state index in [0.29, 0.717) is 35.8 Å². The number of hydrogen-bond donors (Lipinski definition) is 3. The van der Waals surface area contributed by atoms with Gasteiger partial charge in [-0.05, 0) is 34.7 Å². The standard InChI is InChI=1S/C23H23N5O3S/c1-31-19(29)14-25-22-20(18-8-4-10-32-18)27-21-17(7-3-9-28(21)22)23(30)26-13-16-6-2-5-15(11-16)12-24/h2-11,25H,12-14,24H2,1H3,(H,26,30). The Hall–Kier alpha value is -3.69. The van der Waals surface area contributed by atoms with Gasteiger partial charge in [0.05, 0.1) is 17.6 Å². The van der Waals surface area contributed by atoms with Gasteiger partial charge in [0, 0.05) is 19.3 Å². The number of rotatable bonds is 8. The van der Waals surface area contributed by atoms with Gasteiger partial charge in [-0.3, -0.25) is 14.0 Å². The van der Waals surface area contributed by atoms with Crippen LogP contribution in [0.25, 0.3) is 16.2 Å². The minimum absolute atomic E-state index is 0.0173. The molecule has 3 aromatic heterocycles. The topological polar surface area (TPSA) is 111 Å². The predicted molar refractivity (Wildman–Crippen MR) is 125 cm³/mol. The van der Waals surface area contributed by atoms with Gasteiger partial charge in [-0.25, -0.2) is 4.98 Å². The summed E-state index contributed by atoms with van der Waals surface area (Å²) in [5, 5.41) is 8.01. The molecule has 4 aromatic rings. The van der Waals surface area contributed by atoms with Crippen molar-refractivity contribution in [1.82, 2.24) is 14.7 Å². The smallest absolute Gasteiger partial charge is 0.325 e. The minimum atomic E-state index is -0.398. The number of nitrogens with one attached hydrogen (secondary N) is 2. The van der Waals surface area contributed by atoms with Crippen molar-refractivity contribution in [1.29, 1.82) is 0 Å². The molecule has 32 heavy (non-hydrogen) atoms. The quantitative estimate of drug-likeness (QED) is 0.357. The predicted octanol–water partition coefficient (Wildman–Crippen LogP) is 3.04. The zero-order valence-corrected chi connectivity index (χ0v) is 18.3. The molecule has 0 saturated heterocycles. The largest absolute Gasteiger partial charge is 0.468 e. The summed E-state index contributed by atoms with van der Waals surface area (Å²) >= 11 is 1.53. The van der Waals surface area contributed by atoms with Gasteiger partial charge in [0.2, 0.25) is 0 Å². The van der Waals surface area contributed by atoms with E-state index >= 15 is 0 Å². The van der Waals surface area contributed by atoms with Crippen molar-refractivity contribution in [2.24, 2.45) is 5.73 Å². The van der Waals surface area contributed by atoms with Crippen LogP contribution in [0.2, 0.25) is 0 Å². The first kappa shape index (κ1) is 21.5. The number of anilines is 1. The Morgan fingerprint density at radius 1 is 1.16 bits per heavy atom. The van der Waals surface area contributed by atoms with Gasteiger partial charge in [0.15, 0.2) is 5.65 Å². The number of aromatic nitrogens is 2. The molecule has 0 unspecified atom stereocenters. The molecule has 4 N–H and O–H groups in total. The molecule has 0 aliphatic heterocycles. The Morgan fingerprint density at radius 3 is 2.75 bits per heavy atom. The van der Waals surface area contributed by atoms with E-state index in [1.54, 1.807) is 22.7 Å². The average molecular weight is 450 g/mol. The van der Waals surface area contributed by atoms with Crippen LogP contribution in [0.1, 0.15) is 21.5 Å². The highest BCUT2D eigenvalue weighted by atomic mass is 32.1. The number of carbonyl (C=O) groups is 2. The van der Waals surface area contributed by atoms with E-state index in [-0.39, 0.29) is 12.5 Å². The van der Waals surface area contributed by atoms with E-state index in [1.807, 2.05) is 41.8 Å². The van der Waals surface area contributed by atoms with Crippen LogP contribution in [0, 0.1) is 0 Å². The molecule has 0 bridgehead atoms. The van der Waals surface area contributed by atoms with Crippen LogP contribution < -0.4 is 16.4 Å². The maximum absolute atomic E-state index is 13.0. The molecule has 4 rings (SSSR count). The molecule has 0 spiro atoms. The number of carbonyl (C=O) groups excluding carboxylic acids is 2. The van der Waals surface area contributed by atoms with Crippen molar-refractivity contribution in [2.45, 2.75) is 13.1 Å². The number of hydrogen-bond acceptors (Lipinski definition) is 7. The Balaban J connectivity index is 1.66. The van der Waals surface area contributed by atoms with Gasteiger partial charge in [-0.2, -0.15) is 0 Å². The maximum atomic E-state index is 13.0. The van der Waals surface area contributed by atoms with Crippen LogP contribution in [-0.2, 0) is 22.6 Å². The number of thiophene rings is 1. The van der Waals surface area contributed by atoms with Crippen molar-refractivity contribution in [2.75, 3.05) is 19.0 Å². The number of nitrogens with zero attached hydrogens (tertiary/aromatic N) is 2. The Labute approximate surface area is 189 Å². The number of esters is 1. The van der Waals surface area contributed by atoms with E-state index < -0.39 is 5.97 Å². The summed E-state index contributed by atoms with van der Waals surface area (Å²) < 4.78 is 6.52. The highest BCUT2D eigenvalue weighted by molar-refractivity contribution is 7.13. The van der Waals surface area contributed by atoms with E-state index in [9.17, 15) is 9.59 Å². The van der Waals surface area contributed by atoms with Crippen molar-refractivity contribution in [3.63, 3.8) is 0 Å². The van der Waals surface area contributed by atoms with Crippen LogP contribution >= 0.6 is 11.3 Å². The molecule has 9 heteroatoms. The molecule has 0 aliphatic rings. The minimum Gasteiger partial charge on any atom is -0.468 e. The zero-order valence-electron chi connectivity index (χ0n) is 17.5. The number of imidazole rings is 1. The lowest BCUT2D eigenvalue weighted by Gasteiger charge is -2.09. The second kappa shape index (κ2) is 9.63. The van der Waals surface area contributed by atoms with Crippen LogP contribution in [-0.4, -0.2) is 34.9 Å². The van der Waals surface area contributed by atoms with Gasteiger partial charge < -0.3 is 21.1 Å². The average Bonchev–Trinajstić information content (AvgIpc) is 3.48. The molecule has 0 radical (unpaired) electrons. The first-order valence-electron chi connectivity index (χ1n) is 10.0. The van der Waals surface area contributed by atoms with Gasteiger partial charge in [0.1, 0.15) is 18.1 Å². The summed E-state index contributed by atoms with van der Waals surface area (Å²) in [5.41, 5.74) is 9.28. The van der Waals surface area contributed by atoms with Crippen molar-refractivity contribution >= 4 is 34.7 Å². The van der Waals surface area contributed by atoms with Crippen LogP contribution in [0.3, 0.4) is 0 Å². The number of fused-ring (bicyclic) bond motifs is 1. The van der Waals surface area contributed by atoms with Gasteiger partial charge in [-0.1, -0.05) is 30.3 Å². The second-order valence-corrected chi connectivity index (χ2v) is 7.99. The van der Waals surface area contributed by atoms with Crippen LogP contribution in [0.5, 0.6) is 0 Å². The molecular formula is C23H23N5O3S. The molecule has 164 valence electrons. The number of amides is 1. The summed E-state index contributed by atoms with van der Waals surface area (Å²) in [6.45, 7) is 0.804. The summed E-state index contributed by atoms with van der Waals surface area (Å²) in [6, 6.07) is 15.2. The Morgan fingerprint density at radius 2 is 2.00 bits per heavy atom. The maximum Gasteiger partial charge on any atom is 0.325 e. The molecule has 0 saturated carbocycles. The first-order chi connectivity index (χ1) is 15.6. The van der Waals surface area contributed by atoms with Crippen molar-refractivity contribution in [3.8, 4) is 10.6 Å². The Kier molecular flexibility index (Phi) is 6.48. The molecular weight excluding hydrogens is 426 g/mol. The lowest BCUT2D eigenvalue weighted by Crippen LogP contribution is -2.23. The molecule has 1 aromatic carbocycles. The number of nitrogens with two attached hydrogens (primary N) is 1. The van der Waals surface area contributed by atoms with Crippen LogP contribution in [0.15, 0.2) is 60.1 Å². The fourth-order valence-corrected chi connectivity index (χ4v) is 4.09. The molecule has 1 amide bonds. The molecule has 0 aliphatic carbocycles. The van der Waals surface area contributed by atoms with Crippen LogP contribution in [0.4, 0.5) is 5.82 Å². The normalized spacial score (nSPS) is 10.8. The SMILES string of the molecule is COC(=O)CNc1c(-c2cccs2)nc2c(C(=O)NCc3cccc(CN)c3)cccn12. The monoisotopic (exact) mass is 449 g/mol. The molecule has 8 nitrogen and oxygen atoms in total. The fourth-order valence-electron chi connectivity index (χ4n) is 3.37. The van der Waals surface area contributed by atoms with E-state index in [4.69, 9.17) is 15.5 Å². The number of ether oxygens (including phenoxy) is 1. The van der Waals surface area contributed by atoms with E-state index in [2.05, 4.69) is 10.6 Å². The zero-order chi connectivity index (χ0) is 22.5. The number of methoxy groups -OCH3 is 1. The highest BCUT2D eigenvalue weighted by Gasteiger charge is 2.20. The highest BCUT2D eigenvalue weighted by Crippen LogP contribution is 2.32. The third-order valence-electron chi connectivity index (χ3n) is 4.96. The van der Waals surface area contributed by atoms with Gasteiger partial charge in [-0.15, -0.1) is 11.3 Å². The third-order valence-corrected chi connectivity index (χ3v) is 5.83. The Bertz CT molecular complexity index is 1250. The van der Waals surface area contributed by atoms with E-state index in [1.165, 1.54) is 18.4 Å². The lowest BCUT2D eigenvalue weighted by atomic mass is 10.1. The van der Waals surface area contributed by atoms with Gasteiger partial charge in [0.25, 0.3) is 5.91 Å². The summed E-state index contributed by atoms with van der Waals surface area (Å²) in [5.74, 6) is -0.0140. The third kappa shape index (κ3) is 4.48. The number of benzene rings is 1. The summed E-state index contributed by atoms with van der Waals surface area (Å²) in [4.78, 5) is 30.4. The lowest BCUT2D eigenvalue weighted by molar-refractivity contribution is -0.138.